The summed E-state index contributed by atoms with van der Waals surface area (Å²) in [7, 11) is 0. The highest BCUT2D eigenvalue weighted by molar-refractivity contribution is 6.00. The average molecular weight is 304 g/mol. The minimum absolute atomic E-state index is 0.148. The Morgan fingerprint density at radius 3 is 1.90 bits per heavy atom. The van der Waals surface area contributed by atoms with Gasteiger partial charge < -0.3 is 15.2 Å². The molecule has 0 aliphatic carbocycles. The molecule has 9 heteroatoms. The summed E-state index contributed by atoms with van der Waals surface area (Å²) < 4.78 is 4.85. The largest absolute Gasteiger partial charge is 0.480 e. The van der Waals surface area contributed by atoms with Crippen LogP contribution in [0.25, 0.3) is 0 Å². The minimum atomic E-state index is -1.09. The molecule has 21 heavy (non-hydrogen) atoms. The smallest absolute Gasteiger partial charge is 0.408 e. The molecule has 1 fully saturated rings. The number of alkyl carbamates (subject to hydrolysis) is 1. The Hall–Kier alpha value is -2.16. The molecular weight excluding hydrogens is 284 g/mol. The van der Waals surface area contributed by atoms with Crippen LogP contribution >= 0.6 is 0 Å². The first-order valence-corrected chi connectivity index (χ1v) is 6.21. The van der Waals surface area contributed by atoms with Crippen molar-refractivity contribution in [3.63, 3.8) is 0 Å². The molecule has 0 aromatic heterocycles. The fourth-order valence-corrected chi connectivity index (χ4v) is 1.11. The van der Waals surface area contributed by atoms with Crippen LogP contribution in [0.4, 0.5) is 4.79 Å². The van der Waals surface area contributed by atoms with Crippen molar-refractivity contribution < 1.29 is 34.2 Å². The first-order chi connectivity index (χ1) is 9.44. The van der Waals surface area contributed by atoms with Crippen LogP contribution in [0.2, 0.25) is 0 Å². The van der Waals surface area contributed by atoms with Crippen molar-refractivity contribution in [1.82, 2.24) is 10.4 Å². The molecular formula is C12H20N2O7. The summed E-state index contributed by atoms with van der Waals surface area (Å²) in [5, 5.41) is 19.2. The van der Waals surface area contributed by atoms with Crippen molar-refractivity contribution in [2.24, 2.45) is 0 Å². The Kier molecular flexibility index (Phi) is 6.80. The zero-order valence-corrected chi connectivity index (χ0v) is 12.4. The molecule has 0 radical (unpaired) electrons. The van der Waals surface area contributed by atoms with E-state index in [-0.39, 0.29) is 17.9 Å². The van der Waals surface area contributed by atoms with Crippen molar-refractivity contribution in [2.45, 2.75) is 52.2 Å². The SMILES string of the molecule is C[C@H](NC(=O)OC(C)(C)C)C(=O)O.O=C1CCC(=O)N1O. The number of hydrogen-bond acceptors (Lipinski definition) is 6. The predicted molar refractivity (Wildman–Crippen MR) is 69.3 cm³/mol. The number of amides is 3. The number of aliphatic carboxylic acids is 1. The lowest BCUT2D eigenvalue weighted by molar-refractivity contribution is -0.171. The third kappa shape index (κ3) is 7.88. The number of carbonyl (C=O) groups is 4. The van der Waals surface area contributed by atoms with E-state index >= 15 is 0 Å². The molecule has 0 unspecified atom stereocenters. The van der Waals surface area contributed by atoms with E-state index in [0.717, 1.165) is 0 Å². The second-order valence-electron chi connectivity index (χ2n) is 5.31. The van der Waals surface area contributed by atoms with Crippen LogP contribution < -0.4 is 5.32 Å². The van der Waals surface area contributed by atoms with E-state index in [1.807, 2.05) is 0 Å². The molecule has 1 atom stereocenters. The molecule has 1 rings (SSSR count). The molecule has 1 aliphatic rings. The molecule has 1 heterocycles. The third-order valence-corrected chi connectivity index (χ3v) is 2.13. The second-order valence-corrected chi connectivity index (χ2v) is 5.31. The fraction of sp³-hybridized carbons (Fsp3) is 0.667. The topological polar surface area (TPSA) is 133 Å². The molecule has 3 N–H and O–H groups in total. The number of carboxylic acid groups (broad SMARTS) is 1. The molecule has 0 saturated carbocycles. The van der Waals surface area contributed by atoms with Gasteiger partial charge in [-0.15, -0.1) is 0 Å². The summed E-state index contributed by atoms with van der Waals surface area (Å²) in [5.41, 5.74) is -0.609. The standard InChI is InChI=1S/C8H15NO4.C4H5NO3/c1-5(6(10)11)9-7(12)13-8(2,3)4;6-3-1-2-4(7)5(3)8/h5H,1-4H3,(H,9,12)(H,10,11);8H,1-2H2/t5-;/m0./s1. The minimum Gasteiger partial charge on any atom is -0.480 e. The van der Waals surface area contributed by atoms with E-state index in [9.17, 15) is 19.2 Å². The highest BCUT2D eigenvalue weighted by Gasteiger charge is 2.26. The maximum Gasteiger partial charge on any atom is 0.408 e. The van der Waals surface area contributed by atoms with E-state index in [1.165, 1.54) is 6.92 Å². The van der Waals surface area contributed by atoms with Gasteiger partial charge in [0.25, 0.3) is 11.8 Å². The molecule has 1 saturated heterocycles. The maximum absolute atomic E-state index is 11.0. The van der Waals surface area contributed by atoms with E-state index in [0.29, 0.717) is 0 Å². The molecule has 9 nitrogen and oxygen atoms in total. The number of carbonyl (C=O) groups excluding carboxylic acids is 3. The van der Waals surface area contributed by atoms with Gasteiger partial charge >= 0.3 is 12.1 Å². The molecule has 0 aromatic rings. The van der Waals surface area contributed by atoms with Crippen LogP contribution in [0, 0.1) is 0 Å². The Labute approximate surface area is 121 Å². The first-order valence-electron chi connectivity index (χ1n) is 6.21. The Bertz CT molecular complexity index is 412. The second kappa shape index (κ2) is 7.58. The van der Waals surface area contributed by atoms with Gasteiger partial charge in [-0.05, 0) is 27.7 Å². The monoisotopic (exact) mass is 304 g/mol. The highest BCUT2D eigenvalue weighted by Crippen LogP contribution is 2.07. The molecule has 120 valence electrons. The van der Waals surface area contributed by atoms with Crippen molar-refractivity contribution in [2.75, 3.05) is 0 Å². The zero-order valence-electron chi connectivity index (χ0n) is 12.4. The van der Waals surface area contributed by atoms with Crippen LogP contribution in [0.15, 0.2) is 0 Å². The average Bonchev–Trinajstić information content (AvgIpc) is 2.58. The number of ether oxygens (including phenoxy) is 1. The Morgan fingerprint density at radius 1 is 1.24 bits per heavy atom. The van der Waals surface area contributed by atoms with Gasteiger partial charge in [-0.2, -0.15) is 5.06 Å². The Balaban J connectivity index is 0.000000423. The summed E-state index contributed by atoms with van der Waals surface area (Å²) in [6, 6.07) is -0.935. The highest BCUT2D eigenvalue weighted by atomic mass is 16.6. The Morgan fingerprint density at radius 2 is 1.67 bits per heavy atom. The summed E-state index contributed by atoms with van der Waals surface area (Å²) in [4.78, 5) is 41.8. The van der Waals surface area contributed by atoms with Crippen molar-refractivity contribution >= 4 is 23.9 Å². The normalized spacial score (nSPS) is 16.0. The van der Waals surface area contributed by atoms with Gasteiger partial charge in [-0.3, -0.25) is 19.6 Å². The number of nitrogens with zero attached hydrogens (tertiary/aromatic N) is 1. The van der Waals surface area contributed by atoms with Gasteiger partial charge in [0, 0.05) is 12.8 Å². The van der Waals surface area contributed by atoms with Crippen LogP contribution in [-0.2, 0) is 19.1 Å². The van der Waals surface area contributed by atoms with E-state index < -0.39 is 35.5 Å². The van der Waals surface area contributed by atoms with Crippen molar-refractivity contribution in [3.05, 3.63) is 0 Å². The summed E-state index contributed by atoms with van der Waals surface area (Å²) >= 11 is 0. The zero-order chi connectivity index (χ0) is 16.8. The predicted octanol–water partition coefficient (Wildman–Crippen LogP) is 0.509. The van der Waals surface area contributed by atoms with Crippen LogP contribution in [0.3, 0.4) is 0 Å². The molecule has 0 spiro atoms. The van der Waals surface area contributed by atoms with E-state index in [1.54, 1.807) is 20.8 Å². The van der Waals surface area contributed by atoms with Gasteiger partial charge in [-0.25, -0.2) is 4.79 Å². The summed E-state index contributed by atoms with van der Waals surface area (Å²) in [6.45, 7) is 6.49. The maximum atomic E-state index is 11.0. The van der Waals surface area contributed by atoms with Gasteiger partial charge in [0.15, 0.2) is 0 Å². The number of carboxylic acids is 1. The number of hydrogen-bond donors (Lipinski definition) is 3. The molecule has 0 aromatic carbocycles. The van der Waals surface area contributed by atoms with Crippen LogP contribution in [0.5, 0.6) is 0 Å². The summed E-state index contributed by atoms with van der Waals surface area (Å²) in [5.74, 6) is -2.10. The lowest BCUT2D eigenvalue weighted by Crippen LogP contribution is -2.41. The molecule has 3 amide bonds. The van der Waals surface area contributed by atoms with Crippen molar-refractivity contribution in [1.29, 1.82) is 0 Å². The first kappa shape index (κ1) is 18.8. The van der Waals surface area contributed by atoms with E-state index in [2.05, 4.69) is 5.32 Å². The van der Waals surface area contributed by atoms with Crippen molar-refractivity contribution in [3.8, 4) is 0 Å². The summed E-state index contributed by atoms with van der Waals surface area (Å²) in [6.07, 6.45) is -0.424. The van der Waals surface area contributed by atoms with Gasteiger partial charge in [-0.1, -0.05) is 0 Å². The van der Waals surface area contributed by atoms with Crippen LogP contribution in [0.1, 0.15) is 40.5 Å². The number of imide groups is 1. The quantitative estimate of drug-likeness (QED) is 0.500. The van der Waals surface area contributed by atoms with Gasteiger partial charge in [0.05, 0.1) is 0 Å². The number of hydroxylamine groups is 2. The van der Waals surface area contributed by atoms with E-state index in [4.69, 9.17) is 15.1 Å². The molecule has 0 bridgehead atoms. The van der Waals surface area contributed by atoms with Gasteiger partial charge in [0.2, 0.25) is 0 Å². The molecule has 1 aliphatic heterocycles. The lowest BCUT2D eigenvalue weighted by Gasteiger charge is -2.20. The fourth-order valence-electron chi connectivity index (χ4n) is 1.11. The lowest BCUT2D eigenvalue weighted by atomic mass is 10.2. The van der Waals surface area contributed by atoms with Gasteiger partial charge in [0.1, 0.15) is 11.6 Å². The number of nitrogens with one attached hydrogen (secondary N) is 1. The number of rotatable bonds is 2. The third-order valence-electron chi connectivity index (χ3n) is 2.13. The van der Waals surface area contributed by atoms with Crippen LogP contribution in [-0.4, -0.2) is 50.9 Å².